The molecule has 1 aromatic rings. The summed E-state index contributed by atoms with van der Waals surface area (Å²) in [4.78, 5) is 10.8. The second-order valence-corrected chi connectivity index (χ2v) is 4.42. The minimum atomic E-state index is -0.0122. The first-order valence-corrected chi connectivity index (χ1v) is 5.87. The van der Waals surface area contributed by atoms with Gasteiger partial charge in [-0.2, -0.15) is 0 Å². The van der Waals surface area contributed by atoms with Gasteiger partial charge >= 0.3 is 0 Å². The smallest absolute Gasteiger partial charge is 0.127 e. The molecule has 0 aliphatic heterocycles. The van der Waals surface area contributed by atoms with E-state index in [-0.39, 0.29) is 5.92 Å². The van der Waals surface area contributed by atoms with E-state index >= 15 is 0 Å². The van der Waals surface area contributed by atoms with Crippen LogP contribution in [0.4, 0.5) is 0 Å². The topological polar surface area (TPSA) is 17.1 Å². The molecule has 76 valence electrons. The summed E-state index contributed by atoms with van der Waals surface area (Å²) in [7, 11) is 0. The van der Waals surface area contributed by atoms with Crippen LogP contribution in [0.1, 0.15) is 24.3 Å². The fourth-order valence-electron chi connectivity index (χ4n) is 1.32. The molecule has 1 unspecified atom stereocenters. The zero-order chi connectivity index (χ0) is 10.4. The number of halogens is 2. The third-order valence-corrected chi connectivity index (χ3v) is 2.91. The Bertz CT molecular complexity index is 284. The van der Waals surface area contributed by atoms with E-state index in [1.807, 2.05) is 24.3 Å². The van der Waals surface area contributed by atoms with Crippen LogP contribution in [0, 0.1) is 0 Å². The van der Waals surface area contributed by atoms with E-state index < -0.39 is 0 Å². The molecule has 0 N–H and O–H groups in total. The maximum atomic E-state index is 10.8. The molecule has 1 nitrogen and oxygen atoms in total. The molecule has 14 heavy (non-hydrogen) atoms. The lowest BCUT2D eigenvalue weighted by Crippen LogP contribution is -2.00. The van der Waals surface area contributed by atoms with Crippen molar-refractivity contribution in [2.45, 2.75) is 18.8 Å². The fraction of sp³-hybridized carbons (Fsp3) is 0.364. The Balaban J connectivity index is 2.68. The van der Waals surface area contributed by atoms with Gasteiger partial charge in [0, 0.05) is 16.3 Å². The third kappa shape index (κ3) is 3.43. The second kappa shape index (κ2) is 6.20. The molecule has 0 aromatic heterocycles. The van der Waals surface area contributed by atoms with E-state index in [4.69, 9.17) is 11.6 Å². The summed E-state index contributed by atoms with van der Waals surface area (Å²) in [6, 6.07) is 7.84. The quantitative estimate of drug-likeness (QED) is 0.591. The lowest BCUT2D eigenvalue weighted by Gasteiger charge is -2.09. The van der Waals surface area contributed by atoms with Crippen molar-refractivity contribution in [3.05, 3.63) is 34.3 Å². The molecule has 1 aromatic carbocycles. The Labute approximate surface area is 97.6 Å². The van der Waals surface area contributed by atoms with Crippen molar-refractivity contribution in [1.29, 1.82) is 0 Å². The normalized spacial score (nSPS) is 12.4. The number of hydrogen-bond donors (Lipinski definition) is 0. The molecule has 0 spiro atoms. The zero-order valence-electron chi connectivity index (χ0n) is 7.75. The van der Waals surface area contributed by atoms with Gasteiger partial charge in [0.25, 0.3) is 0 Å². The van der Waals surface area contributed by atoms with Crippen molar-refractivity contribution in [1.82, 2.24) is 0 Å². The SMILES string of the molecule is O=CC(CCCCl)c1ccc(Br)cc1. The highest BCUT2D eigenvalue weighted by Gasteiger charge is 2.09. The van der Waals surface area contributed by atoms with Crippen LogP contribution in [-0.2, 0) is 4.79 Å². The summed E-state index contributed by atoms with van der Waals surface area (Å²) < 4.78 is 1.03. The average molecular weight is 276 g/mol. The van der Waals surface area contributed by atoms with E-state index in [9.17, 15) is 4.79 Å². The highest BCUT2D eigenvalue weighted by atomic mass is 79.9. The Morgan fingerprint density at radius 2 is 2.00 bits per heavy atom. The molecule has 0 amide bonds. The summed E-state index contributed by atoms with van der Waals surface area (Å²) in [5.74, 6) is 0.600. The number of rotatable bonds is 5. The first-order chi connectivity index (χ1) is 6.77. The first-order valence-electron chi connectivity index (χ1n) is 4.54. The maximum Gasteiger partial charge on any atom is 0.127 e. The molecule has 0 heterocycles. The molecule has 0 fully saturated rings. The van der Waals surface area contributed by atoms with E-state index in [0.717, 1.165) is 29.2 Å². The summed E-state index contributed by atoms with van der Waals surface area (Å²) in [5.41, 5.74) is 1.06. The minimum absolute atomic E-state index is 0.0122. The Morgan fingerprint density at radius 3 is 2.50 bits per heavy atom. The number of benzene rings is 1. The Kier molecular flexibility index (Phi) is 5.20. The van der Waals surface area contributed by atoms with Gasteiger partial charge in [-0.05, 0) is 30.5 Å². The number of hydrogen-bond acceptors (Lipinski definition) is 1. The second-order valence-electron chi connectivity index (χ2n) is 3.13. The summed E-state index contributed by atoms with van der Waals surface area (Å²) in [6.07, 6.45) is 2.70. The van der Waals surface area contributed by atoms with Crippen LogP contribution in [0.2, 0.25) is 0 Å². The highest BCUT2D eigenvalue weighted by molar-refractivity contribution is 9.10. The molecule has 1 atom stereocenters. The van der Waals surface area contributed by atoms with Crippen molar-refractivity contribution in [3.8, 4) is 0 Å². The average Bonchev–Trinajstić information content (AvgIpc) is 2.21. The molecular formula is C11H12BrClO. The van der Waals surface area contributed by atoms with Gasteiger partial charge in [0.05, 0.1) is 0 Å². The van der Waals surface area contributed by atoms with Gasteiger partial charge in [0.15, 0.2) is 0 Å². The van der Waals surface area contributed by atoms with Crippen molar-refractivity contribution in [2.75, 3.05) is 5.88 Å². The lowest BCUT2D eigenvalue weighted by molar-refractivity contribution is -0.109. The van der Waals surface area contributed by atoms with Crippen LogP contribution in [0.3, 0.4) is 0 Å². The standard InChI is InChI=1S/C11H12BrClO/c12-11-5-3-9(4-6-11)10(8-14)2-1-7-13/h3-6,8,10H,1-2,7H2. The molecule has 0 radical (unpaired) electrons. The number of carbonyl (C=O) groups is 1. The fourth-order valence-corrected chi connectivity index (χ4v) is 1.74. The van der Waals surface area contributed by atoms with Crippen molar-refractivity contribution < 1.29 is 4.79 Å². The molecule has 0 saturated carbocycles. The maximum absolute atomic E-state index is 10.8. The number of carbonyl (C=O) groups excluding carboxylic acids is 1. The van der Waals surface area contributed by atoms with Crippen LogP contribution in [0.15, 0.2) is 28.7 Å². The van der Waals surface area contributed by atoms with Gasteiger partial charge in [-0.1, -0.05) is 28.1 Å². The number of alkyl halides is 1. The molecule has 0 saturated heterocycles. The van der Waals surface area contributed by atoms with Crippen LogP contribution in [0.25, 0.3) is 0 Å². The minimum Gasteiger partial charge on any atom is -0.303 e. The van der Waals surface area contributed by atoms with Gasteiger partial charge in [-0.25, -0.2) is 0 Å². The first kappa shape index (κ1) is 11.7. The molecular weight excluding hydrogens is 263 g/mol. The Hall–Kier alpha value is -0.340. The molecule has 0 bridgehead atoms. The van der Waals surface area contributed by atoms with E-state index in [1.54, 1.807) is 0 Å². The van der Waals surface area contributed by atoms with Crippen LogP contribution >= 0.6 is 27.5 Å². The molecule has 1 rings (SSSR count). The molecule has 3 heteroatoms. The lowest BCUT2D eigenvalue weighted by atomic mass is 9.96. The van der Waals surface area contributed by atoms with Crippen molar-refractivity contribution >= 4 is 33.8 Å². The predicted octanol–water partition coefficient (Wildman–Crippen LogP) is 3.75. The summed E-state index contributed by atoms with van der Waals surface area (Å²) in [5, 5.41) is 0. The van der Waals surface area contributed by atoms with E-state index in [0.29, 0.717) is 5.88 Å². The van der Waals surface area contributed by atoms with Crippen molar-refractivity contribution in [2.24, 2.45) is 0 Å². The van der Waals surface area contributed by atoms with Gasteiger partial charge in [-0.3, -0.25) is 0 Å². The van der Waals surface area contributed by atoms with Gasteiger partial charge in [-0.15, -0.1) is 11.6 Å². The van der Waals surface area contributed by atoms with E-state index in [1.165, 1.54) is 0 Å². The van der Waals surface area contributed by atoms with Crippen LogP contribution in [-0.4, -0.2) is 12.2 Å². The van der Waals surface area contributed by atoms with Gasteiger partial charge in [0.2, 0.25) is 0 Å². The van der Waals surface area contributed by atoms with Crippen molar-refractivity contribution in [3.63, 3.8) is 0 Å². The number of aldehydes is 1. The van der Waals surface area contributed by atoms with Gasteiger partial charge in [0.1, 0.15) is 6.29 Å². The zero-order valence-corrected chi connectivity index (χ0v) is 10.1. The largest absolute Gasteiger partial charge is 0.303 e. The van der Waals surface area contributed by atoms with Crippen LogP contribution < -0.4 is 0 Å². The van der Waals surface area contributed by atoms with Gasteiger partial charge < -0.3 is 4.79 Å². The summed E-state index contributed by atoms with van der Waals surface area (Å²) >= 11 is 8.95. The Morgan fingerprint density at radius 1 is 1.36 bits per heavy atom. The molecule has 0 aliphatic carbocycles. The van der Waals surface area contributed by atoms with E-state index in [2.05, 4.69) is 15.9 Å². The van der Waals surface area contributed by atoms with Crippen LogP contribution in [0.5, 0.6) is 0 Å². The predicted molar refractivity (Wildman–Crippen MR) is 62.9 cm³/mol. The molecule has 0 aliphatic rings. The summed E-state index contributed by atoms with van der Waals surface area (Å²) in [6.45, 7) is 0. The monoisotopic (exact) mass is 274 g/mol. The highest BCUT2D eigenvalue weighted by Crippen LogP contribution is 2.21. The third-order valence-electron chi connectivity index (χ3n) is 2.11.